The van der Waals surface area contributed by atoms with Gasteiger partial charge in [-0.05, 0) is 42.8 Å². The van der Waals surface area contributed by atoms with Crippen LogP contribution in [0.1, 0.15) is 11.3 Å². The normalized spacial score (nSPS) is 11.8. The number of rotatable bonds is 4. The number of hydrogen-bond acceptors (Lipinski definition) is 6. The fourth-order valence-electron chi connectivity index (χ4n) is 2.05. The van der Waals surface area contributed by atoms with Crippen molar-refractivity contribution in [2.75, 3.05) is 6.26 Å². The Kier molecular flexibility index (Phi) is 3.77. The van der Waals surface area contributed by atoms with E-state index in [1.165, 1.54) is 6.07 Å². The van der Waals surface area contributed by atoms with E-state index in [0.717, 1.165) is 6.26 Å². The molecule has 0 saturated heterocycles. The van der Waals surface area contributed by atoms with Crippen LogP contribution in [0.4, 0.5) is 4.39 Å². The molecule has 0 atom stereocenters. The molecule has 6 nitrogen and oxygen atoms in total. The molecule has 0 aliphatic heterocycles. The predicted octanol–water partition coefficient (Wildman–Crippen LogP) is 2.99. The maximum absolute atomic E-state index is 13.3. The Labute approximate surface area is 131 Å². The first kappa shape index (κ1) is 15.4. The number of halogens is 1. The highest BCUT2D eigenvalue weighted by atomic mass is 32.2. The van der Waals surface area contributed by atoms with Crippen molar-refractivity contribution in [2.24, 2.45) is 0 Å². The summed E-state index contributed by atoms with van der Waals surface area (Å²) in [7, 11) is -3.19. The molecule has 2 heterocycles. The Balaban J connectivity index is 1.88. The first-order valence-corrected chi connectivity index (χ1v) is 8.75. The summed E-state index contributed by atoms with van der Waals surface area (Å²) in [5, 5.41) is 3.83. The Bertz CT molecular complexity index is 960. The topological polar surface area (TPSA) is 86.2 Å². The van der Waals surface area contributed by atoms with Gasteiger partial charge in [0, 0.05) is 11.8 Å². The van der Waals surface area contributed by atoms with Gasteiger partial charge in [-0.2, -0.15) is 4.98 Å². The SMILES string of the molecule is Cc1cc(-c2noc(-c3ccc(CS(C)(=O)=O)o3)n2)ccc1F. The lowest BCUT2D eigenvalue weighted by Gasteiger charge is -1.97. The Hall–Kier alpha value is -2.48. The van der Waals surface area contributed by atoms with E-state index in [0.29, 0.717) is 22.7 Å². The van der Waals surface area contributed by atoms with Crippen LogP contribution in [0, 0.1) is 12.7 Å². The lowest BCUT2D eigenvalue weighted by atomic mass is 10.1. The van der Waals surface area contributed by atoms with Crippen LogP contribution in [0.15, 0.2) is 39.3 Å². The summed E-state index contributed by atoms with van der Waals surface area (Å²) >= 11 is 0. The van der Waals surface area contributed by atoms with E-state index in [1.807, 2.05) is 0 Å². The van der Waals surface area contributed by atoms with Crippen LogP contribution in [0.25, 0.3) is 23.0 Å². The molecule has 0 N–H and O–H groups in total. The van der Waals surface area contributed by atoms with Crippen molar-refractivity contribution in [2.45, 2.75) is 12.7 Å². The van der Waals surface area contributed by atoms with Gasteiger partial charge in [0.25, 0.3) is 5.89 Å². The van der Waals surface area contributed by atoms with Gasteiger partial charge in [-0.25, -0.2) is 12.8 Å². The van der Waals surface area contributed by atoms with Gasteiger partial charge >= 0.3 is 0 Å². The molecule has 0 unspecified atom stereocenters. The van der Waals surface area contributed by atoms with Crippen molar-refractivity contribution in [3.05, 3.63) is 47.5 Å². The van der Waals surface area contributed by atoms with E-state index < -0.39 is 9.84 Å². The number of aryl methyl sites for hydroxylation is 1. The third-order valence-electron chi connectivity index (χ3n) is 3.12. The third-order valence-corrected chi connectivity index (χ3v) is 3.93. The molecule has 0 radical (unpaired) electrons. The highest BCUT2D eigenvalue weighted by molar-refractivity contribution is 7.89. The van der Waals surface area contributed by atoms with E-state index in [4.69, 9.17) is 8.94 Å². The first-order valence-electron chi connectivity index (χ1n) is 6.69. The smallest absolute Gasteiger partial charge is 0.293 e. The largest absolute Gasteiger partial charge is 0.455 e. The van der Waals surface area contributed by atoms with Crippen LogP contribution in [0.5, 0.6) is 0 Å². The van der Waals surface area contributed by atoms with Crippen LogP contribution < -0.4 is 0 Å². The summed E-state index contributed by atoms with van der Waals surface area (Å²) in [6.07, 6.45) is 1.12. The maximum atomic E-state index is 13.3. The molecule has 23 heavy (non-hydrogen) atoms. The van der Waals surface area contributed by atoms with Gasteiger partial charge in [-0.3, -0.25) is 0 Å². The van der Waals surface area contributed by atoms with Crippen LogP contribution >= 0.6 is 0 Å². The minimum absolute atomic E-state index is 0.127. The fraction of sp³-hybridized carbons (Fsp3) is 0.200. The summed E-state index contributed by atoms with van der Waals surface area (Å²) in [5.41, 5.74) is 1.09. The van der Waals surface area contributed by atoms with Gasteiger partial charge in [0.1, 0.15) is 17.3 Å². The highest BCUT2D eigenvalue weighted by Crippen LogP contribution is 2.25. The molecule has 0 spiro atoms. The van der Waals surface area contributed by atoms with Gasteiger partial charge in [0.15, 0.2) is 15.6 Å². The van der Waals surface area contributed by atoms with Crippen LogP contribution in [-0.4, -0.2) is 24.8 Å². The van der Waals surface area contributed by atoms with E-state index >= 15 is 0 Å². The monoisotopic (exact) mass is 336 g/mol. The molecule has 0 saturated carbocycles. The van der Waals surface area contributed by atoms with Crippen molar-refractivity contribution in [1.82, 2.24) is 10.1 Å². The van der Waals surface area contributed by atoms with Gasteiger partial charge in [0.2, 0.25) is 5.82 Å². The second-order valence-electron chi connectivity index (χ2n) is 5.22. The third kappa shape index (κ3) is 3.48. The average Bonchev–Trinajstić information content (AvgIpc) is 3.08. The second kappa shape index (κ2) is 5.62. The van der Waals surface area contributed by atoms with Crippen molar-refractivity contribution < 1.29 is 21.7 Å². The lowest BCUT2D eigenvalue weighted by Crippen LogP contribution is -1.98. The minimum Gasteiger partial charge on any atom is -0.455 e. The number of furan rings is 1. The van der Waals surface area contributed by atoms with Crippen LogP contribution in [0.2, 0.25) is 0 Å². The van der Waals surface area contributed by atoms with Gasteiger partial charge in [-0.1, -0.05) is 5.16 Å². The number of aromatic nitrogens is 2. The zero-order chi connectivity index (χ0) is 16.6. The molecule has 0 aliphatic rings. The van der Waals surface area contributed by atoms with Crippen molar-refractivity contribution in [1.29, 1.82) is 0 Å². The molecular formula is C15H13FN2O4S. The Morgan fingerprint density at radius 1 is 1.22 bits per heavy atom. The molecule has 120 valence electrons. The van der Waals surface area contributed by atoms with Gasteiger partial charge in [0.05, 0.1) is 0 Å². The number of nitrogens with zero attached hydrogens (tertiary/aromatic N) is 2. The van der Waals surface area contributed by atoms with Crippen molar-refractivity contribution in [3.63, 3.8) is 0 Å². The quantitative estimate of drug-likeness (QED) is 0.728. The zero-order valence-corrected chi connectivity index (χ0v) is 13.2. The Morgan fingerprint density at radius 2 is 2.00 bits per heavy atom. The molecule has 0 amide bonds. The van der Waals surface area contributed by atoms with Crippen molar-refractivity contribution in [3.8, 4) is 23.0 Å². The second-order valence-corrected chi connectivity index (χ2v) is 7.36. The number of hydrogen-bond donors (Lipinski definition) is 0. The molecular weight excluding hydrogens is 323 g/mol. The molecule has 0 aliphatic carbocycles. The zero-order valence-electron chi connectivity index (χ0n) is 12.4. The summed E-state index contributed by atoms with van der Waals surface area (Å²) in [4.78, 5) is 4.19. The Morgan fingerprint density at radius 3 is 2.70 bits per heavy atom. The first-order chi connectivity index (χ1) is 10.8. The molecule has 3 aromatic rings. The summed E-state index contributed by atoms with van der Waals surface area (Å²) in [6, 6.07) is 7.60. The maximum Gasteiger partial charge on any atom is 0.293 e. The molecule has 2 aromatic heterocycles. The number of benzene rings is 1. The van der Waals surface area contributed by atoms with Gasteiger partial charge < -0.3 is 8.94 Å². The van der Waals surface area contributed by atoms with Gasteiger partial charge in [-0.15, -0.1) is 0 Å². The highest BCUT2D eigenvalue weighted by Gasteiger charge is 2.16. The molecule has 8 heteroatoms. The average molecular weight is 336 g/mol. The minimum atomic E-state index is -3.19. The van der Waals surface area contributed by atoms with E-state index in [-0.39, 0.29) is 23.2 Å². The lowest BCUT2D eigenvalue weighted by molar-refractivity contribution is 0.413. The molecule has 0 bridgehead atoms. The molecule has 3 rings (SSSR count). The van der Waals surface area contributed by atoms with E-state index in [9.17, 15) is 12.8 Å². The van der Waals surface area contributed by atoms with Crippen LogP contribution in [-0.2, 0) is 15.6 Å². The van der Waals surface area contributed by atoms with E-state index in [1.54, 1.807) is 31.2 Å². The fourth-order valence-corrected chi connectivity index (χ4v) is 2.73. The predicted molar refractivity (Wildman–Crippen MR) is 80.7 cm³/mol. The summed E-state index contributed by atoms with van der Waals surface area (Å²) in [5.74, 6) is 0.478. The number of sulfone groups is 1. The van der Waals surface area contributed by atoms with E-state index in [2.05, 4.69) is 10.1 Å². The molecule has 1 aromatic carbocycles. The van der Waals surface area contributed by atoms with Crippen molar-refractivity contribution >= 4 is 9.84 Å². The standard InChI is InChI=1S/C15H13FN2O4S/c1-9-7-10(3-5-12(9)16)14-17-15(22-18-14)13-6-4-11(21-13)8-23(2,19)20/h3-7H,8H2,1-2H3. The summed E-state index contributed by atoms with van der Waals surface area (Å²) in [6.45, 7) is 1.64. The summed E-state index contributed by atoms with van der Waals surface area (Å²) < 4.78 is 46.3. The van der Waals surface area contributed by atoms with Crippen LogP contribution in [0.3, 0.4) is 0 Å². The molecule has 0 fully saturated rings.